The number of rotatable bonds is 4. The topological polar surface area (TPSA) is 59.1 Å². The van der Waals surface area contributed by atoms with Crippen LogP contribution < -0.4 is 19.3 Å². The second kappa shape index (κ2) is 6.71. The van der Waals surface area contributed by atoms with E-state index < -0.39 is 5.41 Å². The third kappa shape index (κ3) is 2.98. The Bertz CT molecular complexity index is 745. The normalized spacial score (nSPS) is 16.6. The van der Waals surface area contributed by atoms with Crippen molar-refractivity contribution in [2.45, 2.75) is 13.8 Å². The standard InChI is InChI=1S/C20H20N2O4/c1-20(2)18(23)21(14-5-9-16(25-3)10-6-14)13-22(19(20)24)15-7-11-17(26-4)12-8-15/h5-12H,1-4H3. The van der Waals surface area contributed by atoms with Gasteiger partial charge < -0.3 is 9.47 Å². The summed E-state index contributed by atoms with van der Waals surface area (Å²) in [7, 11) is 3.15. The molecule has 0 saturated carbocycles. The van der Waals surface area contributed by atoms with Crippen molar-refractivity contribution in [1.82, 2.24) is 0 Å². The van der Waals surface area contributed by atoms with Gasteiger partial charge in [-0.1, -0.05) is 0 Å². The first-order chi connectivity index (χ1) is 12.4. The van der Waals surface area contributed by atoms with Crippen molar-refractivity contribution in [3.8, 4) is 11.5 Å². The Balaban J connectivity index is 1.97. The smallest absolute Gasteiger partial charge is 0.244 e. The van der Waals surface area contributed by atoms with Crippen LogP contribution in [0.3, 0.4) is 0 Å². The van der Waals surface area contributed by atoms with Crippen molar-refractivity contribution >= 4 is 23.2 Å². The van der Waals surface area contributed by atoms with Crippen molar-refractivity contribution in [2.24, 2.45) is 5.41 Å². The molecule has 0 spiro atoms. The van der Waals surface area contributed by atoms with Crippen molar-refractivity contribution in [2.75, 3.05) is 24.0 Å². The largest absolute Gasteiger partial charge is 0.497 e. The Morgan fingerprint density at radius 1 is 0.731 bits per heavy atom. The van der Waals surface area contributed by atoms with Gasteiger partial charge in [0.15, 0.2) is 0 Å². The number of nitrogens with zero attached hydrogens (tertiary/aromatic N) is 2. The third-order valence-electron chi connectivity index (χ3n) is 4.34. The van der Waals surface area contributed by atoms with Crippen LogP contribution in [-0.2, 0) is 9.59 Å². The zero-order valence-electron chi connectivity index (χ0n) is 15.1. The highest BCUT2D eigenvalue weighted by Gasteiger charge is 2.48. The predicted octanol–water partition coefficient (Wildman–Crippen LogP) is 3.11. The molecule has 3 rings (SSSR count). The van der Waals surface area contributed by atoms with Gasteiger partial charge in [0.1, 0.15) is 16.9 Å². The number of carbonyl (C=O) groups is 2. The van der Waals surface area contributed by atoms with Crippen LogP contribution in [0.15, 0.2) is 48.5 Å². The van der Waals surface area contributed by atoms with E-state index in [1.807, 2.05) is 0 Å². The molecule has 26 heavy (non-hydrogen) atoms. The molecule has 1 aliphatic heterocycles. The molecule has 6 nitrogen and oxygen atoms in total. The van der Waals surface area contributed by atoms with Gasteiger partial charge in [-0.25, -0.2) is 0 Å². The first-order valence-electron chi connectivity index (χ1n) is 8.12. The number of carbonyl (C=O) groups excluding carboxylic acids is 2. The van der Waals surface area contributed by atoms with Crippen molar-refractivity contribution in [3.05, 3.63) is 55.2 Å². The molecule has 0 N–H and O–H groups in total. The third-order valence-corrected chi connectivity index (χ3v) is 4.34. The van der Waals surface area contributed by atoms with Crippen LogP contribution in [0.1, 0.15) is 13.8 Å². The molecule has 1 fully saturated rings. The number of hydrogen-bond acceptors (Lipinski definition) is 4. The summed E-state index contributed by atoms with van der Waals surface area (Å²) >= 11 is 0. The number of amides is 2. The van der Waals surface area contributed by atoms with Crippen LogP contribution in [0.2, 0.25) is 0 Å². The Morgan fingerprint density at radius 3 is 1.38 bits per heavy atom. The molecule has 6 heteroatoms. The average molecular weight is 352 g/mol. The minimum Gasteiger partial charge on any atom is -0.497 e. The van der Waals surface area contributed by atoms with Crippen molar-refractivity contribution < 1.29 is 19.1 Å². The second-order valence-corrected chi connectivity index (χ2v) is 6.40. The van der Waals surface area contributed by atoms with E-state index in [9.17, 15) is 9.59 Å². The van der Waals surface area contributed by atoms with Gasteiger partial charge in [0.05, 0.1) is 14.2 Å². The molecule has 1 saturated heterocycles. The minimum atomic E-state index is -1.22. The molecule has 0 bridgehead atoms. The summed E-state index contributed by atoms with van der Waals surface area (Å²) in [6.07, 6.45) is 0. The van der Waals surface area contributed by atoms with Gasteiger partial charge in [0, 0.05) is 11.4 Å². The van der Waals surface area contributed by atoms with Gasteiger partial charge in [-0.2, -0.15) is 0 Å². The molecule has 0 aromatic heterocycles. The highest BCUT2D eigenvalue weighted by molar-refractivity contribution is 6.20. The molecule has 0 atom stereocenters. The Labute approximate surface area is 152 Å². The minimum absolute atomic E-state index is 0.336. The lowest BCUT2D eigenvalue weighted by Gasteiger charge is -2.41. The molecule has 2 radical (unpaired) electrons. The lowest BCUT2D eigenvalue weighted by atomic mass is 9.87. The lowest BCUT2D eigenvalue weighted by molar-refractivity contribution is -0.139. The van der Waals surface area contributed by atoms with Crippen LogP contribution in [0, 0.1) is 12.1 Å². The predicted molar refractivity (Wildman–Crippen MR) is 98.0 cm³/mol. The average Bonchev–Trinajstić information content (AvgIpc) is 2.67. The van der Waals surface area contributed by atoms with Crippen LogP contribution in [-0.4, -0.2) is 26.0 Å². The number of benzene rings is 2. The molecule has 0 unspecified atom stereocenters. The fraction of sp³-hybridized carbons (Fsp3) is 0.250. The summed E-state index contributed by atoms with van der Waals surface area (Å²) < 4.78 is 10.3. The summed E-state index contributed by atoms with van der Waals surface area (Å²) in [5.74, 6) is 0.691. The summed E-state index contributed by atoms with van der Waals surface area (Å²) in [5.41, 5.74) is -0.00440. The van der Waals surface area contributed by atoms with E-state index in [0.717, 1.165) is 0 Å². The fourth-order valence-electron chi connectivity index (χ4n) is 2.65. The summed E-state index contributed by atoms with van der Waals surface area (Å²) in [4.78, 5) is 28.4. The maximum atomic E-state index is 12.9. The van der Waals surface area contributed by atoms with Crippen LogP contribution >= 0.6 is 0 Å². The molecule has 2 aromatic carbocycles. The van der Waals surface area contributed by atoms with Gasteiger partial charge in [-0.05, 0) is 62.4 Å². The number of methoxy groups -OCH3 is 2. The van der Waals surface area contributed by atoms with E-state index in [1.165, 1.54) is 9.80 Å². The summed E-state index contributed by atoms with van der Waals surface area (Å²) in [6.45, 7) is 6.14. The fourth-order valence-corrected chi connectivity index (χ4v) is 2.65. The quantitative estimate of drug-likeness (QED) is 0.794. The molecular weight excluding hydrogens is 332 g/mol. The van der Waals surface area contributed by atoms with Gasteiger partial charge in [0.25, 0.3) is 0 Å². The van der Waals surface area contributed by atoms with Crippen LogP contribution in [0.25, 0.3) is 0 Å². The Hall–Kier alpha value is -3.02. The maximum Gasteiger partial charge on any atom is 0.244 e. The molecule has 134 valence electrons. The molecule has 2 amide bonds. The van der Waals surface area contributed by atoms with Crippen LogP contribution in [0.4, 0.5) is 11.4 Å². The Morgan fingerprint density at radius 2 is 1.08 bits per heavy atom. The van der Waals surface area contributed by atoms with Crippen molar-refractivity contribution in [1.29, 1.82) is 0 Å². The summed E-state index contributed by atoms with van der Waals surface area (Å²) in [5, 5.41) is 0. The molecule has 0 aliphatic carbocycles. The zero-order valence-corrected chi connectivity index (χ0v) is 15.1. The zero-order chi connectivity index (χ0) is 18.9. The Kier molecular flexibility index (Phi) is 4.59. The monoisotopic (exact) mass is 352 g/mol. The highest BCUT2D eigenvalue weighted by Crippen LogP contribution is 2.36. The molecule has 2 aromatic rings. The van der Waals surface area contributed by atoms with Gasteiger partial charge in [0.2, 0.25) is 18.5 Å². The summed E-state index contributed by atoms with van der Waals surface area (Å²) in [6, 6.07) is 14.0. The first kappa shape index (κ1) is 17.8. The van der Waals surface area contributed by atoms with Crippen LogP contribution in [0.5, 0.6) is 11.5 Å². The highest BCUT2D eigenvalue weighted by atomic mass is 16.5. The first-order valence-corrected chi connectivity index (χ1v) is 8.12. The number of ether oxygens (including phenoxy) is 2. The molecule has 1 aliphatic rings. The molecular formula is C20H20N2O4. The van der Waals surface area contributed by atoms with E-state index in [1.54, 1.807) is 76.6 Å². The van der Waals surface area contributed by atoms with E-state index in [4.69, 9.17) is 9.47 Å². The van der Waals surface area contributed by atoms with Crippen molar-refractivity contribution in [3.63, 3.8) is 0 Å². The van der Waals surface area contributed by atoms with Gasteiger partial charge in [-0.15, -0.1) is 0 Å². The maximum absolute atomic E-state index is 12.9. The lowest BCUT2D eigenvalue weighted by Crippen LogP contribution is -2.58. The molecule has 1 heterocycles. The van der Waals surface area contributed by atoms with Gasteiger partial charge >= 0.3 is 0 Å². The van der Waals surface area contributed by atoms with E-state index in [2.05, 4.69) is 6.67 Å². The second-order valence-electron chi connectivity index (χ2n) is 6.40. The SMILES string of the molecule is COc1ccc(N2[C]N(c3ccc(OC)cc3)C(=O)C(C)(C)C2=O)cc1. The number of anilines is 2. The van der Waals surface area contributed by atoms with E-state index >= 15 is 0 Å². The number of hydrogen-bond donors (Lipinski definition) is 0. The van der Waals surface area contributed by atoms with E-state index in [0.29, 0.717) is 22.9 Å². The van der Waals surface area contributed by atoms with E-state index in [-0.39, 0.29) is 11.8 Å². The van der Waals surface area contributed by atoms with Gasteiger partial charge in [-0.3, -0.25) is 19.4 Å².